The summed E-state index contributed by atoms with van der Waals surface area (Å²) >= 11 is 0. The van der Waals surface area contributed by atoms with Crippen molar-refractivity contribution in [3.63, 3.8) is 0 Å². The second-order valence-corrected chi connectivity index (χ2v) is 10.6. The van der Waals surface area contributed by atoms with Gasteiger partial charge in [-0.05, 0) is 60.9 Å². The van der Waals surface area contributed by atoms with Crippen molar-refractivity contribution >= 4 is 31.4 Å². The van der Waals surface area contributed by atoms with Gasteiger partial charge in [-0.2, -0.15) is 0 Å². The van der Waals surface area contributed by atoms with Crippen LogP contribution in [0.5, 0.6) is 5.75 Å². The van der Waals surface area contributed by atoms with E-state index in [1.165, 1.54) is 17.5 Å². The van der Waals surface area contributed by atoms with Gasteiger partial charge in [-0.3, -0.25) is 9.03 Å². The van der Waals surface area contributed by atoms with Gasteiger partial charge in [0.05, 0.1) is 17.7 Å². The normalized spacial score (nSPS) is 14.0. The molecule has 0 bridgehead atoms. The highest BCUT2D eigenvalue weighted by Gasteiger charge is 2.29. The van der Waals surface area contributed by atoms with Gasteiger partial charge in [0.2, 0.25) is 0 Å². The van der Waals surface area contributed by atoms with Crippen LogP contribution in [0.1, 0.15) is 12.0 Å². The van der Waals surface area contributed by atoms with Gasteiger partial charge in [-0.1, -0.05) is 30.3 Å². The molecule has 7 nitrogen and oxygen atoms in total. The molecule has 0 atom stereocenters. The summed E-state index contributed by atoms with van der Waals surface area (Å²) in [6.07, 6.45) is 1.29. The number of benzene rings is 3. The lowest BCUT2D eigenvalue weighted by atomic mass is 10.0. The van der Waals surface area contributed by atoms with Crippen LogP contribution in [-0.2, 0) is 26.5 Å². The molecule has 0 saturated carbocycles. The van der Waals surface area contributed by atoms with Crippen molar-refractivity contribution in [1.82, 2.24) is 0 Å². The van der Waals surface area contributed by atoms with Crippen LogP contribution in [0.25, 0.3) is 0 Å². The van der Waals surface area contributed by atoms with Gasteiger partial charge in [-0.25, -0.2) is 16.8 Å². The monoisotopic (exact) mass is 458 g/mol. The van der Waals surface area contributed by atoms with E-state index in [1.807, 2.05) is 0 Å². The van der Waals surface area contributed by atoms with E-state index in [-0.39, 0.29) is 15.5 Å². The van der Waals surface area contributed by atoms with Gasteiger partial charge >= 0.3 is 0 Å². The van der Waals surface area contributed by atoms with Crippen molar-refractivity contribution in [2.45, 2.75) is 22.6 Å². The van der Waals surface area contributed by atoms with E-state index in [9.17, 15) is 16.8 Å². The highest BCUT2D eigenvalue weighted by Crippen LogP contribution is 2.34. The Hall–Kier alpha value is -3.04. The molecule has 0 aliphatic carbocycles. The Morgan fingerprint density at radius 1 is 0.903 bits per heavy atom. The number of para-hydroxylation sites is 1. The van der Waals surface area contributed by atoms with E-state index >= 15 is 0 Å². The number of nitrogens with zero attached hydrogens (tertiary/aromatic N) is 1. The van der Waals surface area contributed by atoms with Gasteiger partial charge in [0.25, 0.3) is 20.0 Å². The first-order chi connectivity index (χ1) is 14.8. The predicted molar refractivity (Wildman–Crippen MR) is 120 cm³/mol. The summed E-state index contributed by atoms with van der Waals surface area (Å²) in [5, 5.41) is 0. The number of hydrogen-bond acceptors (Lipinski definition) is 5. The van der Waals surface area contributed by atoms with E-state index in [0.29, 0.717) is 30.8 Å². The summed E-state index contributed by atoms with van der Waals surface area (Å²) in [6.45, 7) is 0.372. The Balaban J connectivity index is 1.66. The molecule has 9 heteroatoms. The van der Waals surface area contributed by atoms with Crippen LogP contribution in [0.15, 0.2) is 82.6 Å². The topological polar surface area (TPSA) is 92.8 Å². The van der Waals surface area contributed by atoms with Gasteiger partial charge in [0.1, 0.15) is 10.6 Å². The van der Waals surface area contributed by atoms with Crippen LogP contribution in [0.3, 0.4) is 0 Å². The van der Waals surface area contributed by atoms with E-state index in [2.05, 4.69) is 4.72 Å². The molecule has 1 aliphatic heterocycles. The van der Waals surface area contributed by atoms with Crippen LogP contribution in [0, 0.1) is 0 Å². The minimum atomic E-state index is -3.87. The molecule has 162 valence electrons. The molecule has 1 heterocycles. The number of hydrogen-bond donors (Lipinski definition) is 1. The van der Waals surface area contributed by atoms with Crippen molar-refractivity contribution in [2.75, 3.05) is 22.7 Å². The summed E-state index contributed by atoms with van der Waals surface area (Å²) in [5.74, 6) is 0.244. The number of aryl methyl sites for hydroxylation is 1. The van der Waals surface area contributed by atoms with E-state index in [0.717, 1.165) is 5.56 Å². The van der Waals surface area contributed by atoms with Crippen molar-refractivity contribution in [1.29, 1.82) is 0 Å². The predicted octanol–water partition coefficient (Wildman–Crippen LogP) is 3.64. The molecule has 0 fully saturated rings. The largest absolute Gasteiger partial charge is 0.495 e. The van der Waals surface area contributed by atoms with Crippen LogP contribution < -0.4 is 13.8 Å². The van der Waals surface area contributed by atoms with Gasteiger partial charge in [0.15, 0.2) is 0 Å². The Morgan fingerprint density at radius 3 is 2.35 bits per heavy atom. The summed E-state index contributed by atoms with van der Waals surface area (Å²) < 4.78 is 61.1. The fourth-order valence-electron chi connectivity index (χ4n) is 3.65. The summed E-state index contributed by atoms with van der Waals surface area (Å²) in [6, 6.07) is 19.5. The number of sulfonamides is 2. The highest BCUT2D eigenvalue weighted by atomic mass is 32.2. The third-order valence-electron chi connectivity index (χ3n) is 5.10. The molecule has 0 spiro atoms. The summed E-state index contributed by atoms with van der Waals surface area (Å²) in [4.78, 5) is 0.257. The zero-order valence-corrected chi connectivity index (χ0v) is 18.5. The molecule has 0 aromatic heterocycles. The van der Waals surface area contributed by atoms with Crippen molar-refractivity contribution < 1.29 is 21.6 Å². The smallest absolute Gasteiger partial charge is 0.265 e. The maximum atomic E-state index is 13.1. The van der Waals surface area contributed by atoms with Gasteiger partial charge < -0.3 is 4.74 Å². The van der Waals surface area contributed by atoms with Crippen molar-refractivity contribution in [3.8, 4) is 5.75 Å². The Kier molecular flexibility index (Phi) is 5.63. The lowest BCUT2D eigenvalue weighted by Crippen LogP contribution is -2.35. The van der Waals surface area contributed by atoms with Gasteiger partial charge in [-0.15, -0.1) is 0 Å². The van der Waals surface area contributed by atoms with Crippen molar-refractivity contribution in [3.05, 3.63) is 78.4 Å². The molecule has 3 aromatic rings. The zero-order chi connectivity index (χ0) is 22.1. The SMILES string of the molecule is COc1ccccc1S(=O)(=O)Nc1ccc2c(c1)CCCN2S(=O)(=O)c1ccccc1. The molecule has 0 saturated heterocycles. The molecule has 3 aromatic carbocycles. The standard InChI is InChI=1S/C22H22N2O5S2/c1-29-21-11-5-6-12-22(21)30(25,26)23-18-13-14-20-17(16-18)8-7-15-24(20)31(27,28)19-9-3-2-4-10-19/h2-6,9-14,16,23H,7-8,15H2,1H3. The highest BCUT2D eigenvalue weighted by molar-refractivity contribution is 7.93. The number of nitrogens with one attached hydrogen (secondary N) is 1. The fraction of sp³-hybridized carbons (Fsp3) is 0.182. The lowest BCUT2D eigenvalue weighted by Gasteiger charge is -2.31. The maximum Gasteiger partial charge on any atom is 0.265 e. The Morgan fingerprint density at radius 2 is 1.61 bits per heavy atom. The molecule has 1 aliphatic rings. The Bertz CT molecular complexity index is 1310. The second-order valence-electron chi connectivity index (χ2n) is 7.09. The number of methoxy groups -OCH3 is 1. The molecule has 0 amide bonds. The molecule has 0 unspecified atom stereocenters. The van der Waals surface area contributed by atoms with Crippen LogP contribution in [0.4, 0.5) is 11.4 Å². The van der Waals surface area contributed by atoms with Crippen LogP contribution >= 0.6 is 0 Å². The molecule has 1 N–H and O–H groups in total. The molecular formula is C22H22N2O5S2. The van der Waals surface area contributed by atoms with Crippen molar-refractivity contribution in [2.24, 2.45) is 0 Å². The number of rotatable bonds is 6. The van der Waals surface area contributed by atoms with E-state index in [4.69, 9.17) is 4.74 Å². The molecule has 0 radical (unpaired) electrons. The third kappa shape index (κ3) is 4.11. The van der Waals surface area contributed by atoms with Gasteiger partial charge in [0, 0.05) is 12.2 Å². The average Bonchev–Trinajstić information content (AvgIpc) is 2.78. The fourth-order valence-corrected chi connectivity index (χ4v) is 6.43. The number of fused-ring (bicyclic) bond motifs is 1. The quantitative estimate of drug-likeness (QED) is 0.609. The van der Waals surface area contributed by atoms with Crippen LogP contribution in [0.2, 0.25) is 0 Å². The van der Waals surface area contributed by atoms with E-state index < -0.39 is 20.0 Å². The first kappa shape index (κ1) is 21.2. The molecule has 31 heavy (non-hydrogen) atoms. The molecular weight excluding hydrogens is 436 g/mol. The second kappa shape index (κ2) is 8.24. The molecule has 4 rings (SSSR count). The number of ether oxygens (including phenoxy) is 1. The average molecular weight is 459 g/mol. The maximum absolute atomic E-state index is 13.1. The summed E-state index contributed by atoms with van der Waals surface area (Å²) in [7, 11) is -6.16. The minimum absolute atomic E-state index is 0.0310. The first-order valence-corrected chi connectivity index (χ1v) is 12.6. The third-order valence-corrected chi connectivity index (χ3v) is 8.35. The van der Waals surface area contributed by atoms with E-state index in [1.54, 1.807) is 66.7 Å². The summed E-state index contributed by atoms with van der Waals surface area (Å²) in [5.41, 5.74) is 1.70. The van der Waals surface area contributed by atoms with Crippen LogP contribution in [-0.4, -0.2) is 30.5 Å². The lowest BCUT2D eigenvalue weighted by molar-refractivity contribution is 0.403. The number of anilines is 2. The Labute approximate surface area is 182 Å². The first-order valence-electron chi connectivity index (χ1n) is 9.69. The minimum Gasteiger partial charge on any atom is -0.495 e. The zero-order valence-electron chi connectivity index (χ0n) is 16.9.